The molecule has 0 atom stereocenters. The minimum Gasteiger partial charge on any atom is -0.497 e. The van der Waals surface area contributed by atoms with Gasteiger partial charge in [-0.15, -0.1) is 0 Å². The summed E-state index contributed by atoms with van der Waals surface area (Å²) in [6.07, 6.45) is 0. The van der Waals surface area contributed by atoms with E-state index in [1.54, 1.807) is 12.1 Å². The van der Waals surface area contributed by atoms with Crippen molar-refractivity contribution in [2.45, 2.75) is 0 Å². The Kier molecular flexibility index (Phi) is 7.05. The Balaban J connectivity index is 0.000000243. The molecule has 128 valence electrons. The molecule has 0 spiro atoms. The Hall–Kier alpha value is -3.26. The Morgan fingerprint density at radius 3 is 1.96 bits per heavy atom. The molecule has 0 saturated carbocycles. The number of carboxylic acid groups (broad SMARTS) is 2. The van der Waals surface area contributed by atoms with Gasteiger partial charge in [-0.25, -0.2) is 14.8 Å². The van der Waals surface area contributed by atoms with Crippen LogP contribution in [0.5, 0.6) is 17.2 Å². The van der Waals surface area contributed by atoms with Crippen molar-refractivity contribution in [1.82, 2.24) is 0 Å². The lowest BCUT2D eigenvalue weighted by Crippen LogP contribution is -1.98. The van der Waals surface area contributed by atoms with E-state index in [-0.39, 0.29) is 22.6 Å². The number of hydrogen-bond acceptors (Lipinski definition) is 6. The number of methoxy groups -OCH3 is 2. The zero-order valence-corrected chi connectivity index (χ0v) is 12.9. The average molecular weight is 336 g/mol. The van der Waals surface area contributed by atoms with Crippen molar-refractivity contribution < 1.29 is 39.4 Å². The van der Waals surface area contributed by atoms with Crippen molar-refractivity contribution in [2.75, 3.05) is 14.2 Å². The SMILES string of the molecule is COc1cc(C(=O)O)ccc1OO.COc1cccc(C(=O)O)c1. The predicted octanol–water partition coefficient (Wildman–Crippen LogP) is 2.64. The average Bonchev–Trinajstić information content (AvgIpc) is 2.61. The van der Waals surface area contributed by atoms with E-state index in [1.165, 1.54) is 44.6 Å². The second-order valence-corrected chi connectivity index (χ2v) is 4.30. The fourth-order valence-corrected chi connectivity index (χ4v) is 1.63. The number of aromatic carboxylic acids is 2. The summed E-state index contributed by atoms with van der Waals surface area (Å²) in [6.45, 7) is 0. The summed E-state index contributed by atoms with van der Waals surface area (Å²) < 4.78 is 9.62. The van der Waals surface area contributed by atoms with Crippen LogP contribution in [0.2, 0.25) is 0 Å². The smallest absolute Gasteiger partial charge is 0.335 e. The van der Waals surface area contributed by atoms with Crippen LogP contribution in [0.15, 0.2) is 42.5 Å². The van der Waals surface area contributed by atoms with E-state index in [0.29, 0.717) is 5.75 Å². The predicted molar refractivity (Wildman–Crippen MR) is 83.2 cm³/mol. The minimum absolute atomic E-state index is 0.0673. The molecule has 0 saturated heterocycles. The molecule has 2 rings (SSSR count). The van der Waals surface area contributed by atoms with E-state index in [9.17, 15) is 9.59 Å². The number of ether oxygens (including phenoxy) is 2. The summed E-state index contributed by atoms with van der Waals surface area (Å²) in [6, 6.07) is 10.2. The molecule has 2 aromatic rings. The molecule has 8 heteroatoms. The molecular weight excluding hydrogens is 320 g/mol. The summed E-state index contributed by atoms with van der Waals surface area (Å²) >= 11 is 0. The highest BCUT2D eigenvalue weighted by Crippen LogP contribution is 2.27. The van der Waals surface area contributed by atoms with Crippen molar-refractivity contribution in [1.29, 1.82) is 0 Å². The van der Waals surface area contributed by atoms with Crippen LogP contribution in [0, 0.1) is 0 Å². The van der Waals surface area contributed by atoms with Crippen LogP contribution in [-0.4, -0.2) is 41.6 Å². The maximum atomic E-state index is 10.5. The zero-order valence-electron chi connectivity index (χ0n) is 12.9. The molecule has 0 amide bonds. The number of rotatable bonds is 5. The van der Waals surface area contributed by atoms with Gasteiger partial charge < -0.3 is 24.6 Å². The topological polar surface area (TPSA) is 123 Å². The highest BCUT2D eigenvalue weighted by atomic mass is 17.1. The van der Waals surface area contributed by atoms with Gasteiger partial charge in [-0.3, -0.25) is 0 Å². The minimum atomic E-state index is -1.07. The summed E-state index contributed by atoms with van der Waals surface area (Å²) in [5.41, 5.74) is 0.307. The van der Waals surface area contributed by atoms with Crippen molar-refractivity contribution in [2.24, 2.45) is 0 Å². The molecule has 2 aromatic carbocycles. The lowest BCUT2D eigenvalue weighted by molar-refractivity contribution is -0.139. The van der Waals surface area contributed by atoms with Crippen molar-refractivity contribution in [3.8, 4) is 17.2 Å². The Bertz CT molecular complexity index is 711. The summed E-state index contributed by atoms with van der Waals surface area (Å²) in [4.78, 5) is 24.9. The largest absolute Gasteiger partial charge is 0.497 e. The second kappa shape index (κ2) is 9.01. The molecule has 0 radical (unpaired) electrons. The number of carboxylic acids is 2. The van der Waals surface area contributed by atoms with Crippen molar-refractivity contribution >= 4 is 11.9 Å². The summed E-state index contributed by atoms with van der Waals surface area (Å²) in [5, 5.41) is 25.5. The first kappa shape index (κ1) is 18.8. The molecule has 0 aliphatic rings. The Labute approximate surface area is 137 Å². The van der Waals surface area contributed by atoms with Gasteiger partial charge in [-0.2, -0.15) is 0 Å². The van der Waals surface area contributed by atoms with Crippen LogP contribution in [0.25, 0.3) is 0 Å². The van der Waals surface area contributed by atoms with E-state index in [4.69, 9.17) is 24.9 Å². The molecule has 0 aliphatic carbocycles. The fraction of sp³-hybridized carbons (Fsp3) is 0.125. The first-order valence-electron chi connectivity index (χ1n) is 6.53. The highest BCUT2D eigenvalue weighted by molar-refractivity contribution is 5.88. The molecule has 0 heterocycles. The van der Waals surface area contributed by atoms with Crippen LogP contribution in [0.3, 0.4) is 0 Å². The molecule has 0 fully saturated rings. The van der Waals surface area contributed by atoms with E-state index in [1.807, 2.05) is 0 Å². The van der Waals surface area contributed by atoms with Crippen molar-refractivity contribution in [3.63, 3.8) is 0 Å². The first-order chi connectivity index (χ1) is 11.4. The molecule has 0 unspecified atom stereocenters. The van der Waals surface area contributed by atoms with E-state index in [0.717, 1.165) is 0 Å². The molecule has 3 N–H and O–H groups in total. The van der Waals surface area contributed by atoms with Crippen molar-refractivity contribution in [3.05, 3.63) is 53.6 Å². The Morgan fingerprint density at radius 1 is 0.833 bits per heavy atom. The first-order valence-corrected chi connectivity index (χ1v) is 6.53. The maximum absolute atomic E-state index is 10.5. The van der Waals surface area contributed by atoms with Gasteiger partial charge in [-0.05, 0) is 36.4 Å². The summed E-state index contributed by atoms with van der Waals surface area (Å²) in [5.74, 6) is -1.20. The van der Waals surface area contributed by atoms with Crippen LogP contribution in [-0.2, 0) is 0 Å². The lowest BCUT2D eigenvalue weighted by atomic mass is 10.2. The Morgan fingerprint density at radius 2 is 1.46 bits per heavy atom. The van der Waals surface area contributed by atoms with Gasteiger partial charge in [0.1, 0.15) is 5.75 Å². The van der Waals surface area contributed by atoms with E-state index < -0.39 is 11.9 Å². The van der Waals surface area contributed by atoms with Gasteiger partial charge in [0, 0.05) is 0 Å². The number of benzene rings is 2. The lowest BCUT2D eigenvalue weighted by Gasteiger charge is -2.05. The maximum Gasteiger partial charge on any atom is 0.335 e. The van der Waals surface area contributed by atoms with Gasteiger partial charge in [0.25, 0.3) is 0 Å². The zero-order chi connectivity index (χ0) is 18.1. The summed E-state index contributed by atoms with van der Waals surface area (Å²) in [7, 11) is 2.85. The monoisotopic (exact) mass is 336 g/mol. The van der Waals surface area contributed by atoms with Gasteiger partial charge in [0.15, 0.2) is 5.75 Å². The molecular formula is C16H16O8. The third-order valence-corrected chi connectivity index (χ3v) is 2.83. The fourth-order valence-electron chi connectivity index (χ4n) is 1.63. The van der Waals surface area contributed by atoms with Gasteiger partial charge in [0.2, 0.25) is 5.75 Å². The van der Waals surface area contributed by atoms with Gasteiger partial charge >= 0.3 is 11.9 Å². The van der Waals surface area contributed by atoms with Gasteiger partial charge in [0.05, 0.1) is 25.3 Å². The third-order valence-electron chi connectivity index (χ3n) is 2.83. The normalized spacial score (nSPS) is 9.29. The molecule has 0 bridgehead atoms. The quantitative estimate of drug-likeness (QED) is 0.562. The molecule has 0 aliphatic heterocycles. The third kappa shape index (κ3) is 5.18. The van der Waals surface area contributed by atoms with Gasteiger partial charge in [-0.1, -0.05) is 6.07 Å². The van der Waals surface area contributed by atoms with E-state index >= 15 is 0 Å². The standard InChI is InChI=1S/C8H8O5.C8H8O3/c1-12-7-4-5(8(9)10)2-3-6(7)13-11;1-11-7-4-2-3-6(5-7)8(9)10/h2-4,11H,1H3,(H,9,10);2-5H,1H3,(H,9,10). The van der Waals surface area contributed by atoms with Crippen LogP contribution in [0.1, 0.15) is 20.7 Å². The van der Waals surface area contributed by atoms with Crippen LogP contribution >= 0.6 is 0 Å². The van der Waals surface area contributed by atoms with Crippen LogP contribution in [0.4, 0.5) is 0 Å². The number of hydrogen-bond donors (Lipinski definition) is 3. The molecule has 24 heavy (non-hydrogen) atoms. The highest BCUT2D eigenvalue weighted by Gasteiger charge is 2.09. The molecule has 8 nitrogen and oxygen atoms in total. The molecule has 0 aromatic heterocycles. The second-order valence-electron chi connectivity index (χ2n) is 4.30. The van der Waals surface area contributed by atoms with E-state index in [2.05, 4.69) is 4.89 Å². The van der Waals surface area contributed by atoms with Crippen LogP contribution < -0.4 is 14.4 Å². The number of carbonyl (C=O) groups is 2.